The van der Waals surface area contributed by atoms with Crippen LogP contribution < -0.4 is 36.8 Å². The number of aliphatic hydroxyl groups excluding tert-OH is 2. The van der Waals surface area contributed by atoms with Crippen molar-refractivity contribution in [2.45, 2.75) is 204 Å². The zero-order chi connectivity index (χ0) is 91.0. The van der Waals surface area contributed by atoms with Gasteiger partial charge in [0.05, 0.1) is 66.0 Å². The molecule has 696 valence electrons. The Kier molecular flexibility index (Phi) is 27.1. The van der Waals surface area contributed by atoms with Crippen LogP contribution in [-0.2, 0) is 61.9 Å². The molecule has 0 amide bonds. The number of nitrogens with two attached hydrogens (primary N) is 2. The molecule has 16 atom stereocenters. The number of ether oxygens (including phenoxy) is 13. The first-order valence-electron chi connectivity index (χ1n) is 41.6. The Morgan fingerprint density at radius 1 is 0.435 bits per heavy atom. The van der Waals surface area contributed by atoms with Crippen LogP contribution in [0.2, 0.25) is 10.3 Å². The van der Waals surface area contributed by atoms with Gasteiger partial charge in [-0.2, -0.15) is 0 Å². The molecule has 7 fully saturated rings. The number of nitrogens with zero attached hydrogens (tertiary/aromatic N) is 15. The smallest absolute Gasteiger partial charge is 0.165 e. The lowest BCUT2D eigenvalue weighted by Gasteiger charge is -2.29. The second-order valence-corrected chi connectivity index (χ2v) is 34.9. The minimum absolute atomic E-state index is 0. The SMILES string of the molecule is C.CC1(C)O[C@H]2[C@H](n3ccc4c(Cl)ncnc43)O[C@H](CO)[C@@]2(C)O1.CON.CONc1ncnc2c1ccn2[C@@H]1O[C@H](COc2ccc3ccc(C)nc3c2)[C@@]2(C)OC(C)(C)O[C@@H]12.CONc1ncnc2c1ccn2[C@@H]1O[C@H](COc2ccc3ccc(N)nc3c2)[C@@](C)(O)[C@H]1O.Cc1ccc2ccc(OC[C@H]3O[C@@H](n4ccc5c(Cl)ncnc54)[C@@H]4OC(C)(C)O[C@]34C)cc2n1.Cl. The van der Waals surface area contributed by atoms with Crippen molar-refractivity contribution in [1.29, 1.82) is 0 Å². The molecule has 131 heavy (non-hydrogen) atoms. The minimum atomic E-state index is -1.57. The number of fused-ring (bicyclic) bond motifs is 10. The van der Waals surface area contributed by atoms with Gasteiger partial charge in [0.2, 0.25) is 0 Å². The first kappa shape index (κ1) is 95.0. The number of hydrogen-bond acceptors (Lipinski definition) is 34. The zero-order valence-electron chi connectivity index (χ0n) is 73.7. The first-order chi connectivity index (χ1) is 61.7. The summed E-state index contributed by atoms with van der Waals surface area (Å²) < 4.78 is 88.5. The third kappa shape index (κ3) is 18.3. The van der Waals surface area contributed by atoms with Crippen molar-refractivity contribution in [3.05, 3.63) is 187 Å². The summed E-state index contributed by atoms with van der Waals surface area (Å²) in [7, 11) is 4.43. The summed E-state index contributed by atoms with van der Waals surface area (Å²) in [5, 5.41) is 38.5. The van der Waals surface area contributed by atoms with Gasteiger partial charge in [0.25, 0.3) is 0 Å². The average Bonchev–Trinajstić information content (AvgIpc) is 1.57. The van der Waals surface area contributed by atoms with E-state index < -0.39 is 89.1 Å². The lowest BCUT2D eigenvalue weighted by Crippen LogP contribution is -2.47. The number of pyridine rings is 3. The number of hydrogen-bond donors (Lipinski definition) is 7. The molecule has 0 bridgehead atoms. The van der Waals surface area contributed by atoms with E-state index in [1.807, 2.05) is 187 Å². The maximum absolute atomic E-state index is 11.0. The van der Waals surface area contributed by atoms with Gasteiger partial charge in [0, 0.05) is 70.5 Å². The van der Waals surface area contributed by atoms with E-state index in [9.17, 15) is 15.3 Å². The van der Waals surface area contributed by atoms with Gasteiger partial charge in [-0.05, 0) is 168 Å². The summed E-state index contributed by atoms with van der Waals surface area (Å²) >= 11 is 12.4. The fourth-order valence-electron chi connectivity index (χ4n) is 17.8. The summed E-state index contributed by atoms with van der Waals surface area (Å²) in [5.74, 6) is 5.53. The van der Waals surface area contributed by atoms with Crippen LogP contribution in [0.5, 0.6) is 17.2 Å². The summed E-state index contributed by atoms with van der Waals surface area (Å²) in [6.45, 7) is 23.2. The highest BCUT2D eigenvalue weighted by Crippen LogP contribution is 2.55. The van der Waals surface area contributed by atoms with Crippen molar-refractivity contribution in [3.8, 4) is 17.2 Å². The maximum Gasteiger partial charge on any atom is 0.165 e. The maximum atomic E-state index is 11.0. The zero-order valence-corrected chi connectivity index (χ0v) is 76.1. The van der Waals surface area contributed by atoms with Gasteiger partial charge in [-0.15, -0.1) is 12.4 Å². The second-order valence-electron chi connectivity index (χ2n) is 34.2. The van der Waals surface area contributed by atoms with Crippen molar-refractivity contribution in [2.24, 2.45) is 5.90 Å². The van der Waals surface area contributed by atoms with Crippen molar-refractivity contribution in [3.63, 3.8) is 0 Å². The van der Waals surface area contributed by atoms with Gasteiger partial charge in [-0.25, -0.2) is 61.7 Å². The highest BCUT2D eigenvalue weighted by atomic mass is 35.5. The fraction of sp³-hybridized carbons (Fsp3) is 0.433. The molecule has 7 aliphatic rings. The Morgan fingerprint density at radius 2 is 0.756 bits per heavy atom. The summed E-state index contributed by atoms with van der Waals surface area (Å²) in [4.78, 5) is 61.3. The van der Waals surface area contributed by atoms with Crippen LogP contribution in [0.3, 0.4) is 0 Å². The second kappa shape index (κ2) is 37.4. The molecule has 9 N–H and O–H groups in total. The number of aromatic nitrogens is 15. The molecule has 3 aromatic carbocycles. The highest BCUT2D eigenvalue weighted by molar-refractivity contribution is 6.34. The quantitative estimate of drug-likeness (QED) is 0.0310. The van der Waals surface area contributed by atoms with Crippen molar-refractivity contribution in [1.82, 2.24) is 73.1 Å². The molecule has 21 rings (SSSR count). The molecule has 11 aromatic heterocycles. The van der Waals surface area contributed by atoms with Crippen LogP contribution in [0.15, 0.2) is 165 Å². The normalized spacial score (nSPS) is 27.4. The standard InChI is InChI=1S/C26H29N5O5.C25H25ClN4O4.C22H24N6O5.C15H18ClN3O4.CH5NO.CH4.ClH/c1-15-6-7-16-8-9-17(12-19(16)29-15)33-13-20-26(4)21(35-25(2,3)36-26)24(34-20)31-11-10-18-22(30-32-5)27-14-28-23(18)31;1-14-5-6-15-7-8-16(11-18(15)29-14)31-12-19-25(4)20(33-24(2,3)34-25)23(32-19)30-10-9-17-21(26)27-13-28-22(17)30;1-22(30)16(10-32-13-5-3-12-4-6-17(23)26-15(12)9-13)33-21(18(22)29)28-8-7-14-19(27-31-2)24-11-25-20(14)28;1-14(2)22-10-13(21-9(6-20)15(10,3)23-14)19-5-4-8-11(16)17-7-18-12(8)19;1-3-2;;/h6-12,14,20-21,24H,13H2,1-5H3,(H,27,28,30);5-11,13,19-20,23H,12H2,1-4H3;3-9,11,16,18,21,29-30H,10H2,1-2H3,(H2,23,26)(H,24,25,27);4-5,7,9-10,13,20H,6H2,1-3H3;2H2,1H3;1H4;1H/t20-,21+,24-,26-;19-,20+,23-,25-;16-,18+,21-,22-;9-,10+,13-,15-;;;/m1111.../s1. The number of aryl methyl sites for hydroxylation is 2. The Morgan fingerprint density at radius 3 is 1.15 bits per heavy atom. The first-order valence-corrected chi connectivity index (χ1v) is 42.4. The molecule has 0 radical (unpaired) electrons. The van der Waals surface area contributed by atoms with Gasteiger partial charge in [-0.1, -0.05) is 42.8 Å². The van der Waals surface area contributed by atoms with Crippen molar-refractivity contribution in [2.75, 3.05) is 64.5 Å². The van der Waals surface area contributed by atoms with E-state index in [1.54, 1.807) is 42.1 Å². The topological polar surface area (TPSA) is 446 Å². The Labute approximate surface area is 768 Å². The molecule has 0 saturated carbocycles. The van der Waals surface area contributed by atoms with Gasteiger partial charge in [0.1, 0.15) is 172 Å². The lowest BCUT2D eigenvalue weighted by molar-refractivity contribution is -0.214. The predicted octanol–water partition coefficient (Wildman–Crippen LogP) is 13.0. The minimum Gasteiger partial charge on any atom is -0.491 e. The third-order valence-electron chi connectivity index (χ3n) is 23.8. The van der Waals surface area contributed by atoms with Crippen LogP contribution in [0.1, 0.15) is 113 Å². The molecule has 7 saturated heterocycles. The van der Waals surface area contributed by atoms with Crippen LogP contribution in [-0.4, -0.2) is 225 Å². The number of rotatable bonds is 18. The summed E-state index contributed by atoms with van der Waals surface area (Å²) in [6.07, 6.45) is 6.34. The number of nitrogens with one attached hydrogen (secondary N) is 2. The summed E-state index contributed by atoms with van der Waals surface area (Å²) in [5.41, 5.74) is 14.4. The molecule has 0 unspecified atom stereocenters. The molecule has 7 aliphatic heterocycles. The van der Waals surface area contributed by atoms with Crippen molar-refractivity contribution >= 4 is 130 Å². The number of nitrogen functional groups attached to an aromatic ring is 1. The van der Waals surface area contributed by atoms with E-state index in [2.05, 4.69) is 88.7 Å². The average molecular weight is 1860 g/mol. The number of aliphatic hydroxyl groups is 3. The Bertz CT molecular complexity index is 6450. The number of benzene rings is 3. The van der Waals surface area contributed by atoms with Crippen molar-refractivity contribution < 1.29 is 91.4 Å². The van der Waals surface area contributed by atoms with Gasteiger partial charge in [-0.3, -0.25) is 19.6 Å². The molecule has 0 aliphatic carbocycles. The van der Waals surface area contributed by atoms with E-state index in [4.69, 9.17) is 100 Å². The van der Waals surface area contributed by atoms with E-state index in [-0.39, 0.29) is 70.7 Å². The molecule has 14 aromatic rings. The lowest BCUT2D eigenvalue weighted by atomic mass is 9.95. The van der Waals surface area contributed by atoms with Gasteiger partial charge >= 0.3 is 0 Å². The fourth-order valence-corrected chi connectivity index (χ4v) is 18.2. The predicted molar refractivity (Wildman–Crippen MR) is 487 cm³/mol. The largest absolute Gasteiger partial charge is 0.491 e. The molecule has 38 nitrogen and oxygen atoms in total. The van der Waals surface area contributed by atoms with E-state index >= 15 is 0 Å². The highest BCUT2D eigenvalue weighted by Gasteiger charge is 2.67. The van der Waals surface area contributed by atoms with Gasteiger partial charge < -0.3 is 106 Å². The Hall–Kier alpha value is -10.6. The van der Waals surface area contributed by atoms with Gasteiger partial charge in [0.15, 0.2) is 53.9 Å². The number of anilines is 3. The third-order valence-corrected chi connectivity index (χ3v) is 24.5. The molecule has 18 heterocycles. The van der Waals surface area contributed by atoms with E-state index in [1.165, 1.54) is 46.5 Å². The summed E-state index contributed by atoms with van der Waals surface area (Å²) in [6, 6.07) is 36.4. The Balaban J connectivity index is 0.000000133. The van der Waals surface area contributed by atoms with Crippen LogP contribution >= 0.6 is 35.6 Å². The molecule has 41 heteroatoms. The van der Waals surface area contributed by atoms with Crippen LogP contribution in [0.25, 0.3) is 76.8 Å². The van der Waals surface area contributed by atoms with Crippen LogP contribution in [0, 0.1) is 13.8 Å². The number of halogens is 3. The van der Waals surface area contributed by atoms with Crippen LogP contribution in [0.4, 0.5) is 17.5 Å². The van der Waals surface area contributed by atoms with E-state index in [0.29, 0.717) is 67.0 Å². The molecule has 0 spiro atoms. The monoisotopic (exact) mass is 1860 g/mol. The molecular formula is C90H106Cl3N19O19. The molecular weight excluding hydrogens is 1760 g/mol. The van der Waals surface area contributed by atoms with E-state index in [0.717, 1.165) is 66.2 Å².